The summed E-state index contributed by atoms with van der Waals surface area (Å²) in [5, 5.41) is 8.09. The van der Waals surface area contributed by atoms with Gasteiger partial charge in [-0.05, 0) is 36.4 Å². The van der Waals surface area contributed by atoms with E-state index in [0.29, 0.717) is 10.9 Å². The maximum Gasteiger partial charge on any atom is 0.273 e. The Morgan fingerprint density at radius 2 is 2.04 bits per heavy atom. The number of hydrogen-bond acceptors (Lipinski definition) is 7. The van der Waals surface area contributed by atoms with Gasteiger partial charge in [-0.25, -0.2) is 4.98 Å². The molecule has 0 aliphatic carbocycles. The van der Waals surface area contributed by atoms with Crippen molar-refractivity contribution in [3.8, 4) is 5.75 Å². The van der Waals surface area contributed by atoms with Crippen molar-refractivity contribution in [1.29, 1.82) is 0 Å². The van der Waals surface area contributed by atoms with Crippen LogP contribution in [0.4, 0.5) is 10.8 Å². The molecule has 2 amide bonds. The van der Waals surface area contributed by atoms with Gasteiger partial charge in [0.15, 0.2) is 5.13 Å². The lowest BCUT2D eigenvalue weighted by Gasteiger charge is -2.15. The molecular formula is C19H20N4O4S. The predicted octanol–water partition coefficient (Wildman–Crippen LogP) is 2.88. The zero-order valence-corrected chi connectivity index (χ0v) is 16.3. The number of carbonyl (C=O) groups excluding carboxylic acids is 2. The molecule has 9 heteroatoms. The van der Waals surface area contributed by atoms with Crippen LogP contribution in [0.5, 0.6) is 5.75 Å². The van der Waals surface area contributed by atoms with Crippen LogP contribution in [0.25, 0.3) is 0 Å². The molecule has 0 saturated carbocycles. The third kappa shape index (κ3) is 5.10. The minimum absolute atomic E-state index is 0.0711. The van der Waals surface area contributed by atoms with Gasteiger partial charge in [0.25, 0.3) is 5.91 Å². The van der Waals surface area contributed by atoms with Crippen molar-refractivity contribution in [1.82, 2.24) is 15.2 Å². The first-order valence-corrected chi connectivity index (χ1v) is 9.34. The number of nitrogens with zero attached hydrogens (tertiary/aromatic N) is 2. The Morgan fingerprint density at radius 3 is 2.71 bits per heavy atom. The van der Waals surface area contributed by atoms with Crippen LogP contribution in [-0.4, -0.2) is 42.4 Å². The minimum atomic E-state index is -0.327. The second kappa shape index (κ2) is 9.05. The van der Waals surface area contributed by atoms with Gasteiger partial charge in [-0.3, -0.25) is 9.59 Å². The van der Waals surface area contributed by atoms with E-state index in [9.17, 15) is 9.59 Å². The number of aromatic nitrogens is 1. The zero-order valence-electron chi connectivity index (χ0n) is 15.5. The smallest absolute Gasteiger partial charge is 0.273 e. The average Bonchev–Trinajstić information content (AvgIpc) is 3.38. The quantitative estimate of drug-likeness (QED) is 0.604. The van der Waals surface area contributed by atoms with Crippen LogP contribution in [0.1, 0.15) is 16.2 Å². The highest BCUT2D eigenvalue weighted by Crippen LogP contribution is 2.23. The molecule has 0 unspecified atom stereocenters. The van der Waals surface area contributed by atoms with Crippen molar-refractivity contribution in [3.63, 3.8) is 0 Å². The summed E-state index contributed by atoms with van der Waals surface area (Å²) in [5.41, 5.74) is 1.11. The molecule has 2 heterocycles. The summed E-state index contributed by atoms with van der Waals surface area (Å²) in [4.78, 5) is 30.1. The number of ether oxygens (including phenoxy) is 1. The Bertz CT molecular complexity index is 922. The molecule has 0 fully saturated rings. The molecule has 1 aromatic carbocycles. The lowest BCUT2D eigenvalue weighted by Crippen LogP contribution is -2.38. The number of benzene rings is 1. The third-order valence-corrected chi connectivity index (χ3v) is 4.59. The number of rotatable bonds is 8. The number of anilines is 2. The molecule has 2 aromatic heterocycles. The van der Waals surface area contributed by atoms with Gasteiger partial charge >= 0.3 is 0 Å². The van der Waals surface area contributed by atoms with E-state index >= 15 is 0 Å². The standard InChI is InChI=1S/C19H20N4O4S/c1-23(11-17(24)20-10-15-4-3-9-27-15)18(25)16-12-28-19(22-16)21-13-5-7-14(26-2)8-6-13/h3-9,12H,10-11H2,1-2H3,(H,20,24)(H,21,22). The van der Waals surface area contributed by atoms with Gasteiger partial charge in [-0.15, -0.1) is 11.3 Å². The molecule has 2 N–H and O–H groups in total. The van der Waals surface area contributed by atoms with Crippen molar-refractivity contribution in [2.75, 3.05) is 26.0 Å². The number of furan rings is 1. The van der Waals surface area contributed by atoms with Gasteiger partial charge in [0.05, 0.1) is 26.5 Å². The Kier molecular flexibility index (Phi) is 6.28. The molecule has 0 aliphatic heterocycles. The highest BCUT2D eigenvalue weighted by Gasteiger charge is 2.18. The van der Waals surface area contributed by atoms with Crippen LogP contribution in [0.3, 0.4) is 0 Å². The normalized spacial score (nSPS) is 10.4. The largest absolute Gasteiger partial charge is 0.497 e. The van der Waals surface area contributed by atoms with Crippen LogP contribution in [-0.2, 0) is 11.3 Å². The fourth-order valence-corrected chi connectivity index (χ4v) is 3.07. The molecule has 0 bridgehead atoms. The molecule has 28 heavy (non-hydrogen) atoms. The van der Waals surface area contributed by atoms with Crippen LogP contribution in [0.15, 0.2) is 52.5 Å². The van der Waals surface area contributed by atoms with Gasteiger partial charge in [-0.1, -0.05) is 0 Å². The molecule has 0 radical (unpaired) electrons. The molecule has 3 aromatic rings. The number of likely N-dealkylation sites (N-methyl/N-ethyl adjacent to an activating group) is 1. The Labute approximate surface area is 166 Å². The Balaban J connectivity index is 1.52. The number of nitrogens with one attached hydrogen (secondary N) is 2. The Hall–Kier alpha value is -3.33. The van der Waals surface area contributed by atoms with E-state index in [4.69, 9.17) is 9.15 Å². The van der Waals surface area contributed by atoms with E-state index in [1.54, 1.807) is 31.7 Å². The van der Waals surface area contributed by atoms with E-state index in [1.807, 2.05) is 24.3 Å². The first kappa shape index (κ1) is 19.4. The average molecular weight is 400 g/mol. The topological polar surface area (TPSA) is 96.7 Å². The van der Waals surface area contributed by atoms with Crippen LogP contribution >= 0.6 is 11.3 Å². The number of carbonyl (C=O) groups is 2. The summed E-state index contributed by atoms with van der Waals surface area (Å²) in [6.07, 6.45) is 1.54. The van der Waals surface area contributed by atoms with Gasteiger partial charge in [-0.2, -0.15) is 0 Å². The van der Waals surface area contributed by atoms with Crippen molar-refractivity contribution in [2.24, 2.45) is 0 Å². The predicted molar refractivity (Wildman–Crippen MR) is 106 cm³/mol. The fraction of sp³-hybridized carbons (Fsp3) is 0.211. The molecule has 0 aliphatic rings. The van der Waals surface area contributed by atoms with E-state index in [1.165, 1.54) is 22.5 Å². The summed E-state index contributed by atoms with van der Waals surface area (Å²) in [6.45, 7) is 0.207. The van der Waals surface area contributed by atoms with Gasteiger partial charge in [0, 0.05) is 18.1 Å². The van der Waals surface area contributed by atoms with E-state index in [-0.39, 0.29) is 30.6 Å². The minimum Gasteiger partial charge on any atom is -0.497 e. The van der Waals surface area contributed by atoms with Gasteiger partial charge < -0.3 is 24.7 Å². The van der Waals surface area contributed by atoms with Crippen LogP contribution in [0.2, 0.25) is 0 Å². The fourth-order valence-electron chi connectivity index (χ4n) is 2.36. The van der Waals surface area contributed by atoms with E-state index < -0.39 is 0 Å². The second-order valence-electron chi connectivity index (χ2n) is 5.91. The molecule has 8 nitrogen and oxygen atoms in total. The van der Waals surface area contributed by atoms with Crippen molar-refractivity contribution in [3.05, 3.63) is 59.5 Å². The van der Waals surface area contributed by atoms with Gasteiger partial charge in [0.1, 0.15) is 17.2 Å². The second-order valence-corrected chi connectivity index (χ2v) is 6.77. The summed E-state index contributed by atoms with van der Waals surface area (Å²) in [7, 11) is 3.17. The van der Waals surface area contributed by atoms with Crippen molar-refractivity contribution < 1.29 is 18.7 Å². The number of amides is 2. The third-order valence-electron chi connectivity index (χ3n) is 3.83. The molecule has 3 rings (SSSR count). The maximum absolute atomic E-state index is 12.5. The summed E-state index contributed by atoms with van der Waals surface area (Å²) >= 11 is 1.31. The summed E-state index contributed by atoms with van der Waals surface area (Å²) in [5.74, 6) is 0.801. The molecule has 0 spiro atoms. The van der Waals surface area contributed by atoms with E-state index in [0.717, 1.165) is 11.4 Å². The van der Waals surface area contributed by atoms with Crippen LogP contribution < -0.4 is 15.4 Å². The SMILES string of the molecule is COc1ccc(Nc2nc(C(=O)N(C)CC(=O)NCc3ccco3)cs2)cc1. The van der Waals surface area contributed by atoms with Crippen molar-refractivity contribution >= 4 is 34.0 Å². The first-order valence-electron chi connectivity index (χ1n) is 8.46. The lowest BCUT2D eigenvalue weighted by molar-refractivity contribution is -0.121. The number of hydrogen-bond donors (Lipinski definition) is 2. The molecule has 0 saturated heterocycles. The number of methoxy groups -OCH3 is 1. The first-order chi connectivity index (χ1) is 13.5. The van der Waals surface area contributed by atoms with Gasteiger partial charge in [0.2, 0.25) is 5.91 Å². The Morgan fingerprint density at radius 1 is 1.25 bits per heavy atom. The monoisotopic (exact) mass is 400 g/mol. The highest BCUT2D eigenvalue weighted by atomic mass is 32.1. The number of thiazole rings is 1. The zero-order chi connectivity index (χ0) is 19.9. The summed E-state index contributed by atoms with van der Waals surface area (Å²) in [6, 6.07) is 10.9. The molecular weight excluding hydrogens is 380 g/mol. The lowest BCUT2D eigenvalue weighted by atomic mass is 10.3. The maximum atomic E-state index is 12.5. The molecule has 146 valence electrons. The van der Waals surface area contributed by atoms with E-state index in [2.05, 4.69) is 15.6 Å². The highest BCUT2D eigenvalue weighted by molar-refractivity contribution is 7.14. The molecule has 0 atom stereocenters. The van der Waals surface area contributed by atoms with Crippen LogP contribution in [0, 0.1) is 0 Å². The summed E-state index contributed by atoms with van der Waals surface area (Å²) < 4.78 is 10.3. The van der Waals surface area contributed by atoms with Crippen molar-refractivity contribution in [2.45, 2.75) is 6.54 Å².